The van der Waals surface area contributed by atoms with Gasteiger partial charge in [-0.25, -0.2) is 12.7 Å². The number of hydrogen-bond acceptors (Lipinski definition) is 4. The van der Waals surface area contributed by atoms with E-state index in [-0.39, 0.29) is 6.04 Å². The molecule has 8 heteroatoms. The van der Waals surface area contributed by atoms with Crippen LogP contribution in [0.2, 0.25) is 0 Å². The minimum Gasteiger partial charge on any atom is -0.493 e. The monoisotopic (exact) mass is 394 g/mol. The fraction of sp³-hybridized carbons (Fsp3) is 0.632. The van der Waals surface area contributed by atoms with Crippen molar-refractivity contribution in [3.63, 3.8) is 0 Å². The number of fused-ring (bicyclic) bond motifs is 1. The summed E-state index contributed by atoms with van der Waals surface area (Å²) in [5, 5.41) is 6.86. The minimum atomic E-state index is -3.08. The van der Waals surface area contributed by atoms with Crippen molar-refractivity contribution in [2.45, 2.75) is 32.2 Å². The number of hydrogen-bond donors (Lipinski definition) is 2. The standard InChI is InChI=1S/C19H30N4O3S/c1-3-20-19(21-14-15-8-11-23(12-9-15)27(2,24)25)22-17-10-13-26-18-7-5-4-6-16(17)18/h4-7,15,17H,3,8-14H2,1-2H3,(H2,20,21,22). The van der Waals surface area contributed by atoms with Gasteiger partial charge in [-0.2, -0.15) is 0 Å². The first kappa shape index (κ1) is 19.9. The summed E-state index contributed by atoms with van der Waals surface area (Å²) < 4.78 is 30.6. The van der Waals surface area contributed by atoms with Gasteiger partial charge in [-0.05, 0) is 31.7 Å². The first-order chi connectivity index (χ1) is 13.0. The normalized spacial score (nSPS) is 22.0. The van der Waals surface area contributed by atoms with Crippen molar-refractivity contribution in [2.75, 3.05) is 39.0 Å². The van der Waals surface area contributed by atoms with E-state index in [1.165, 1.54) is 6.26 Å². The number of guanidine groups is 1. The second kappa shape index (κ2) is 8.93. The molecule has 3 rings (SSSR count). The first-order valence-electron chi connectivity index (χ1n) is 9.69. The third-order valence-electron chi connectivity index (χ3n) is 5.16. The second-order valence-corrected chi connectivity index (χ2v) is 9.18. The molecule has 0 bridgehead atoms. The molecule has 2 aliphatic rings. The van der Waals surface area contributed by atoms with Gasteiger partial charge in [-0.3, -0.25) is 4.99 Å². The number of rotatable bonds is 5. The number of benzene rings is 1. The lowest BCUT2D eigenvalue weighted by molar-refractivity contribution is 0.261. The number of nitrogens with zero attached hydrogens (tertiary/aromatic N) is 2. The largest absolute Gasteiger partial charge is 0.493 e. The van der Waals surface area contributed by atoms with Gasteiger partial charge < -0.3 is 15.4 Å². The van der Waals surface area contributed by atoms with Crippen molar-refractivity contribution in [1.29, 1.82) is 0 Å². The SMILES string of the molecule is CCNC(=NCC1CCN(S(C)(=O)=O)CC1)NC1CCOc2ccccc21. The lowest BCUT2D eigenvalue weighted by Gasteiger charge is -2.30. The Balaban J connectivity index is 1.60. The van der Waals surface area contributed by atoms with Crippen LogP contribution >= 0.6 is 0 Å². The molecule has 1 unspecified atom stereocenters. The van der Waals surface area contributed by atoms with Gasteiger partial charge in [0, 0.05) is 38.2 Å². The highest BCUT2D eigenvalue weighted by atomic mass is 32.2. The van der Waals surface area contributed by atoms with E-state index < -0.39 is 10.0 Å². The summed E-state index contributed by atoms with van der Waals surface area (Å²) in [7, 11) is -3.08. The van der Waals surface area contributed by atoms with Gasteiger partial charge in [0.2, 0.25) is 10.0 Å². The lowest BCUT2D eigenvalue weighted by atomic mass is 9.98. The summed E-state index contributed by atoms with van der Waals surface area (Å²) in [5.41, 5.74) is 1.16. The van der Waals surface area contributed by atoms with Crippen LogP contribution in [-0.2, 0) is 10.0 Å². The Labute approximate surface area is 162 Å². The Bertz CT molecular complexity index is 758. The molecule has 150 valence electrons. The van der Waals surface area contributed by atoms with E-state index in [9.17, 15) is 8.42 Å². The fourth-order valence-electron chi connectivity index (χ4n) is 3.62. The molecule has 1 atom stereocenters. The summed E-state index contributed by atoms with van der Waals surface area (Å²) in [5.74, 6) is 2.16. The molecular formula is C19H30N4O3S. The van der Waals surface area contributed by atoms with Gasteiger partial charge >= 0.3 is 0 Å². The molecule has 0 spiro atoms. The summed E-state index contributed by atoms with van der Waals surface area (Å²) >= 11 is 0. The van der Waals surface area contributed by atoms with E-state index >= 15 is 0 Å². The Kier molecular flexibility index (Phi) is 6.59. The van der Waals surface area contributed by atoms with E-state index in [1.807, 2.05) is 18.2 Å². The third-order valence-corrected chi connectivity index (χ3v) is 6.47. The average Bonchev–Trinajstić information content (AvgIpc) is 2.66. The molecule has 0 aromatic heterocycles. The van der Waals surface area contributed by atoms with E-state index in [1.54, 1.807) is 4.31 Å². The summed E-state index contributed by atoms with van der Waals surface area (Å²) in [4.78, 5) is 4.78. The molecule has 0 aliphatic carbocycles. The summed E-state index contributed by atoms with van der Waals surface area (Å²) in [6.45, 7) is 5.44. The summed E-state index contributed by atoms with van der Waals surface area (Å²) in [6.07, 6.45) is 3.89. The van der Waals surface area contributed by atoms with Gasteiger partial charge in [0.05, 0.1) is 18.9 Å². The molecule has 1 aromatic carbocycles. The zero-order chi connectivity index (χ0) is 19.3. The molecule has 0 radical (unpaired) electrons. The van der Waals surface area contributed by atoms with Gasteiger partial charge in [0.15, 0.2) is 5.96 Å². The molecule has 1 saturated heterocycles. The smallest absolute Gasteiger partial charge is 0.211 e. The van der Waals surface area contributed by atoms with Gasteiger partial charge in [0.25, 0.3) is 0 Å². The molecule has 2 N–H and O–H groups in total. The van der Waals surface area contributed by atoms with E-state index in [0.29, 0.717) is 32.2 Å². The number of aliphatic imine (C=N–C) groups is 1. The van der Waals surface area contributed by atoms with Gasteiger partial charge in [0.1, 0.15) is 5.75 Å². The van der Waals surface area contributed by atoms with Crippen molar-refractivity contribution >= 4 is 16.0 Å². The fourth-order valence-corrected chi connectivity index (χ4v) is 4.50. The van der Waals surface area contributed by atoms with Crippen LogP contribution in [0.1, 0.15) is 37.8 Å². The zero-order valence-corrected chi connectivity index (χ0v) is 17.0. The third kappa shape index (κ3) is 5.35. The highest BCUT2D eigenvalue weighted by Crippen LogP contribution is 2.31. The van der Waals surface area contributed by atoms with Crippen molar-refractivity contribution in [3.8, 4) is 5.75 Å². The lowest BCUT2D eigenvalue weighted by Crippen LogP contribution is -2.42. The maximum absolute atomic E-state index is 11.6. The predicted octanol–water partition coefficient (Wildman–Crippen LogP) is 1.74. The molecule has 0 amide bonds. The van der Waals surface area contributed by atoms with Crippen LogP contribution < -0.4 is 15.4 Å². The highest BCUT2D eigenvalue weighted by Gasteiger charge is 2.25. The molecule has 1 aromatic rings. The van der Waals surface area contributed by atoms with Gasteiger partial charge in [-0.1, -0.05) is 18.2 Å². The van der Waals surface area contributed by atoms with E-state index in [2.05, 4.69) is 23.6 Å². The van der Waals surface area contributed by atoms with E-state index in [0.717, 1.165) is 43.1 Å². The van der Waals surface area contributed by atoms with Crippen LogP contribution in [0.15, 0.2) is 29.3 Å². The quantitative estimate of drug-likeness (QED) is 0.587. The van der Waals surface area contributed by atoms with Crippen molar-refractivity contribution in [1.82, 2.24) is 14.9 Å². The molecule has 2 aliphatic heterocycles. The molecule has 0 saturated carbocycles. The maximum atomic E-state index is 11.6. The Morgan fingerprint density at radius 3 is 2.70 bits per heavy atom. The number of sulfonamides is 1. The number of piperidine rings is 1. The van der Waals surface area contributed by atoms with Crippen LogP contribution in [-0.4, -0.2) is 57.7 Å². The van der Waals surface area contributed by atoms with Crippen molar-refractivity contribution in [3.05, 3.63) is 29.8 Å². The second-order valence-electron chi connectivity index (χ2n) is 7.20. The number of ether oxygens (including phenoxy) is 1. The minimum absolute atomic E-state index is 0.180. The van der Waals surface area contributed by atoms with Gasteiger partial charge in [-0.15, -0.1) is 0 Å². The van der Waals surface area contributed by atoms with E-state index in [4.69, 9.17) is 9.73 Å². The number of para-hydroxylation sites is 1. The van der Waals surface area contributed by atoms with Crippen LogP contribution in [0.4, 0.5) is 0 Å². The molecule has 27 heavy (non-hydrogen) atoms. The Morgan fingerprint density at radius 1 is 1.26 bits per heavy atom. The molecule has 2 heterocycles. The van der Waals surface area contributed by atoms with Crippen LogP contribution in [0.5, 0.6) is 5.75 Å². The van der Waals surface area contributed by atoms with Crippen LogP contribution in [0.25, 0.3) is 0 Å². The molecule has 1 fully saturated rings. The highest BCUT2D eigenvalue weighted by molar-refractivity contribution is 7.88. The van der Waals surface area contributed by atoms with Crippen LogP contribution in [0, 0.1) is 5.92 Å². The Hall–Kier alpha value is -1.80. The zero-order valence-electron chi connectivity index (χ0n) is 16.1. The molecular weight excluding hydrogens is 364 g/mol. The van der Waals surface area contributed by atoms with Crippen molar-refractivity contribution in [2.24, 2.45) is 10.9 Å². The first-order valence-corrected chi connectivity index (χ1v) is 11.5. The summed E-state index contributed by atoms with van der Waals surface area (Å²) in [6, 6.07) is 8.30. The number of nitrogens with one attached hydrogen (secondary N) is 2. The van der Waals surface area contributed by atoms with Crippen LogP contribution in [0.3, 0.4) is 0 Å². The predicted molar refractivity (Wildman–Crippen MR) is 108 cm³/mol. The van der Waals surface area contributed by atoms with Crippen molar-refractivity contribution < 1.29 is 13.2 Å². The topological polar surface area (TPSA) is 83.0 Å². The molecule has 7 nitrogen and oxygen atoms in total. The average molecular weight is 395 g/mol. The maximum Gasteiger partial charge on any atom is 0.211 e. The Morgan fingerprint density at radius 2 is 2.00 bits per heavy atom.